The quantitative estimate of drug-likeness (QED) is 0.559. The summed E-state index contributed by atoms with van der Waals surface area (Å²) in [6, 6.07) is 0.603. The second-order valence-corrected chi connectivity index (χ2v) is 3.43. The Morgan fingerprint density at radius 3 is 3.08 bits per heavy atom. The van der Waals surface area contributed by atoms with Crippen LogP contribution in [0.2, 0.25) is 0 Å². The summed E-state index contributed by atoms with van der Waals surface area (Å²) in [5.74, 6) is 0. The Labute approximate surface area is 79.9 Å². The zero-order valence-corrected chi connectivity index (χ0v) is 8.33. The molecule has 1 atom stereocenters. The van der Waals surface area contributed by atoms with Gasteiger partial charge in [-0.15, -0.1) is 0 Å². The molecule has 1 fully saturated rings. The third kappa shape index (κ3) is 4.04. The van der Waals surface area contributed by atoms with E-state index in [9.17, 15) is 0 Å². The molecule has 0 amide bonds. The number of rotatable bonds is 5. The number of ether oxygens (including phenoxy) is 1. The molecule has 0 bridgehead atoms. The molecular formula is C9H20N2O2. The maximum absolute atomic E-state index is 8.51. The average molecular weight is 188 g/mol. The summed E-state index contributed by atoms with van der Waals surface area (Å²) in [6.45, 7) is 7.75. The van der Waals surface area contributed by atoms with Crippen LogP contribution in [0.1, 0.15) is 6.92 Å². The highest BCUT2D eigenvalue weighted by Gasteiger charge is 2.16. The molecule has 0 spiro atoms. The van der Waals surface area contributed by atoms with E-state index in [-0.39, 0.29) is 6.61 Å². The molecule has 4 heteroatoms. The summed E-state index contributed by atoms with van der Waals surface area (Å²) in [4.78, 5) is 2.41. The maximum Gasteiger partial charge on any atom is 0.0698 e. The number of hydrogen-bond acceptors (Lipinski definition) is 4. The fraction of sp³-hybridized carbons (Fsp3) is 1.00. The first-order valence-corrected chi connectivity index (χ1v) is 4.98. The fourth-order valence-corrected chi connectivity index (χ4v) is 1.56. The lowest BCUT2D eigenvalue weighted by molar-refractivity contribution is 0.0597. The van der Waals surface area contributed by atoms with Crippen molar-refractivity contribution >= 4 is 0 Å². The highest BCUT2D eigenvalue weighted by Crippen LogP contribution is 2.00. The van der Waals surface area contributed by atoms with Gasteiger partial charge in [-0.3, -0.25) is 4.90 Å². The molecule has 1 aliphatic heterocycles. The van der Waals surface area contributed by atoms with Gasteiger partial charge in [0.2, 0.25) is 0 Å². The maximum atomic E-state index is 8.51. The number of hydrogen-bond donors (Lipinski definition) is 2. The lowest BCUT2D eigenvalue weighted by Crippen LogP contribution is -2.50. The third-order valence-electron chi connectivity index (χ3n) is 2.40. The van der Waals surface area contributed by atoms with Crippen LogP contribution in [0.5, 0.6) is 0 Å². The third-order valence-corrected chi connectivity index (χ3v) is 2.40. The average Bonchev–Trinajstić information content (AvgIpc) is 2.15. The summed E-state index contributed by atoms with van der Waals surface area (Å²) in [5, 5.41) is 11.9. The van der Waals surface area contributed by atoms with Gasteiger partial charge in [-0.1, -0.05) is 0 Å². The predicted octanol–water partition coefficient (Wildman–Crippen LogP) is -0.711. The molecule has 0 aromatic heterocycles. The Kier molecular flexibility index (Phi) is 5.31. The van der Waals surface area contributed by atoms with E-state index in [0.717, 1.165) is 32.8 Å². The van der Waals surface area contributed by atoms with E-state index in [1.807, 2.05) is 0 Å². The standard InChI is InChI=1S/C9H20N2O2/c1-9-8-10-2-3-11(9)4-6-13-7-5-12/h9-10,12H,2-8H2,1H3/t9-/m1/s1. The molecule has 0 saturated carbocycles. The Bertz CT molecular complexity index is 133. The van der Waals surface area contributed by atoms with E-state index < -0.39 is 0 Å². The smallest absolute Gasteiger partial charge is 0.0698 e. The van der Waals surface area contributed by atoms with Crippen LogP contribution < -0.4 is 5.32 Å². The summed E-state index contributed by atoms with van der Waals surface area (Å²) in [7, 11) is 0. The van der Waals surface area contributed by atoms with Crippen LogP contribution in [0.4, 0.5) is 0 Å². The van der Waals surface area contributed by atoms with E-state index in [4.69, 9.17) is 9.84 Å². The first kappa shape index (κ1) is 10.9. The monoisotopic (exact) mass is 188 g/mol. The summed E-state index contributed by atoms with van der Waals surface area (Å²) >= 11 is 0. The van der Waals surface area contributed by atoms with Crippen LogP contribution in [-0.4, -0.2) is 62.0 Å². The SMILES string of the molecule is C[C@@H]1CNCCN1CCOCCO. The molecule has 13 heavy (non-hydrogen) atoms. The Balaban J connectivity index is 2.05. The number of piperazine rings is 1. The molecule has 0 aromatic rings. The van der Waals surface area contributed by atoms with E-state index in [0.29, 0.717) is 12.6 Å². The molecule has 0 radical (unpaired) electrons. The zero-order valence-electron chi connectivity index (χ0n) is 8.33. The van der Waals surface area contributed by atoms with Crippen molar-refractivity contribution in [3.63, 3.8) is 0 Å². The number of aliphatic hydroxyl groups excluding tert-OH is 1. The summed E-state index contributed by atoms with van der Waals surface area (Å²) in [6.07, 6.45) is 0. The van der Waals surface area contributed by atoms with Gasteiger partial charge in [-0.2, -0.15) is 0 Å². The number of aliphatic hydroxyl groups is 1. The molecule has 1 rings (SSSR count). The van der Waals surface area contributed by atoms with E-state index >= 15 is 0 Å². The highest BCUT2D eigenvalue weighted by atomic mass is 16.5. The first-order chi connectivity index (χ1) is 6.34. The van der Waals surface area contributed by atoms with E-state index in [1.54, 1.807) is 0 Å². The van der Waals surface area contributed by atoms with Gasteiger partial charge in [0.1, 0.15) is 0 Å². The van der Waals surface area contributed by atoms with Gasteiger partial charge < -0.3 is 15.2 Å². The minimum atomic E-state index is 0.122. The van der Waals surface area contributed by atoms with Gasteiger partial charge in [0.05, 0.1) is 19.8 Å². The topological polar surface area (TPSA) is 44.7 Å². The summed E-state index contributed by atoms with van der Waals surface area (Å²) in [5.41, 5.74) is 0. The molecule has 4 nitrogen and oxygen atoms in total. The zero-order chi connectivity index (χ0) is 9.52. The van der Waals surface area contributed by atoms with Gasteiger partial charge in [-0.05, 0) is 6.92 Å². The minimum absolute atomic E-state index is 0.122. The first-order valence-electron chi connectivity index (χ1n) is 4.98. The highest BCUT2D eigenvalue weighted by molar-refractivity contribution is 4.75. The van der Waals surface area contributed by atoms with Crippen molar-refractivity contribution in [3.8, 4) is 0 Å². The van der Waals surface area contributed by atoms with Gasteiger partial charge in [0.15, 0.2) is 0 Å². The van der Waals surface area contributed by atoms with Crippen molar-refractivity contribution < 1.29 is 9.84 Å². The predicted molar refractivity (Wildman–Crippen MR) is 51.8 cm³/mol. The Morgan fingerprint density at radius 2 is 2.38 bits per heavy atom. The second-order valence-electron chi connectivity index (χ2n) is 3.43. The van der Waals surface area contributed by atoms with Crippen molar-refractivity contribution in [1.82, 2.24) is 10.2 Å². The summed E-state index contributed by atoms with van der Waals surface area (Å²) < 4.78 is 5.22. The Hall–Kier alpha value is -0.160. The van der Waals surface area contributed by atoms with Crippen molar-refractivity contribution in [2.75, 3.05) is 46.0 Å². The molecule has 0 aromatic carbocycles. The van der Waals surface area contributed by atoms with Gasteiger partial charge in [0, 0.05) is 32.2 Å². The minimum Gasteiger partial charge on any atom is -0.394 e. The van der Waals surface area contributed by atoms with Crippen molar-refractivity contribution in [3.05, 3.63) is 0 Å². The number of nitrogens with one attached hydrogen (secondary N) is 1. The largest absolute Gasteiger partial charge is 0.394 e. The molecular weight excluding hydrogens is 168 g/mol. The molecule has 0 aliphatic carbocycles. The van der Waals surface area contributed by atoms with Gasteiger partial charge in [-0.25, -0.2) is 0 Å². The van der Waals surface area contributed by atoms with Gasteiger partial charge in [0.25, 0.3) is 0 Å². The van der Waals surface area contributed by atoms with Crippen LogP contribution in [0.15, 0.2) is 0 Å². The Morgan fingerprint density at radius 1 is 1.54 bits per heavy atom. The normalized spacial score (nSPS) is 24.9. The molecule has 0 unspecified atom stereocenters. The molecule has 1 heterocycles. The second kappa shape index (κ2) is 6.32. The van der Waals surface area contributed by atoms with Crippen molar-refractivity contribution in [2.24, 2.45) is 0 Å². The molecule has 2 N–H and O–H groups in total. The molecule has 78 valence electrons. The number of nitrogens with zero attached hydrogens (tertiary/aromatic N) is 1. The molecule has 1 aliphatic rings. The van der Waals surface area contributed by atoms with Crippen LogP contribution in [-0.2, 0) is 4.74 Å². The van der Waals surface area contributed by atoms with Crippen LogP contribution in [0.25, 0.3) is 0 Å². The molecule has 1 saturated heterocycles. The fourth-order valence-electron chi connectivity index (χ4n) is 1.56. The van der Waals surface area contributed by atoms with Crippen LogP contribution >= 0.6 is 0 Å². The lowest BCUT2D eigenvalue weighted by Gasteiger charge is -2.33. The van der Waals surface area contributed by atoms with Crippen LogP contribution in [0.3, 0.4) is 0 Å². The van der Waals surface area contributed by atoms with E-state index in [1.165, 1.54) is 0 Å². The van der Waals surface area contributed by atoms with Crippen LogP contribution in [0, 0.1) is 0 Å². The van der Waals surface area contributed by atoms with Gasteiger partial charge >= 0.3 is 0 Å². The van der Waals surface area contributed by atoms with Crippen molar-refractivity contribution in [1.29, 1.82) is 0 Å². The van der Waals surface area contributed by atoms with E-state index in [2.05, 4.69) is 17.1 Å². The van der Waals surface area contributed by atoms with Crippen molar-refractivity contribution in [2.45, 2.75) is 13.0 Å². The lowest BCUT2D eigenvalue weighted by atomic mass is 10.2.